The largest absolute Gasteiger partial charge is 0.496 e. The summed E-state index contributed by atoms with van der Waals surface area (Å²) >= 11 is 1.43. The van der Waals surface area contributed by atoms with Crippen molar-refractivity contribution in [1.82, 2.24) is 19.7 Å². The molecule has 1 aromatic heterocycles. The molecule has 0 aliphatic carbocycles. The molecule has 1 atom stereocenters. The topological polar surface area (TPSA) is 60.2 Å². The number of thioether (sulfide) groups is 1. The number of piperidine rings is 1. The van der Waals surface area contributed by atoms with Crippen LogP contribution in [0.25, 0.3) is 11.4 Å². The van der Waals surface area contributed by atoms with Gasteiger partial charge in [0.2, 0.25) is 5.91 Å². The molecule has 0 saturated carbocycles. The summed E-state index contributed by atoms with van der Waals surface area (Å²) in [7, 11) is 1.64. The number of nitrogens with zero attached hydrogens (tertiary/aromatic N) is 4. The van der Waals surface area contributed by atoms with Crippen molar-refractivity contribution in [3.8, 4) is 17.1 Å². The van der Waals surface area contributed by atoms with Crippen LogP contribution in [-0.2, 0) is 11.3 Å². The molecular formula is C20H26N4O2S. The fourth-order valence-electron chi connectivity index (χ4n) is 3.40. The predicted molar refractivity (Wildman–Crippen MR) is 108 cm³/mol. The van der Waals surface area contributed by atoms with Gasteiger partial charge in [0, 0.05) is 19.1 Å². The van der Waals surface area contributed by atoms with Crippen LogP contribution in [0.15, 0.2) is 42.1 Å². The second-order valence-electron chi connectivity index (χ2n) is 6.63. The molecule has 1 fully saturated rings. The van der Waals surface area contributed by atoms with Crippen molar-refractivity contribution >= 4 is 17.7 Å². The zero-order valence-corrected chi connectivity index (χ0v) is 16.7. The minimum atomic E-state index is 0.166. The van der Waals surface area contributed by atoms with Crippen molar-refractivity contribution in [2.75, 3.05) is 19.4 Å². The van der Waals surface area contributed by atoms with E-state index in [-0.39, 0.29) is 5.91 Å². The summed E-state index contributed by atoms with van der Waals surface area (Å²) in [6.45, 7) is 7.39. The van der Waals surface area contributed by atoms with E-state index in [1.807, 2.05) is 33.7 Å². The van der Waals surface area contributed by atoms with Crippen LogP contribution in [0.1, 0.15) is 26.2 Å². The number of benzene rings is 1. The molecule has 0 radical (unpaired) electrons. The Kier molecular flexibility index (Phi) is 6.55. The molecule has 7 heteroatoms. The number of methoxy groups -OCH3 is 1. The Hall–Kier alpha value is -2.28. The van der Waals surface area contributed by atoms with Crippen LogP contribution in [0.4, 0.5) is 0 Å². The van der Waals surface area contributed by atoms with E-state index in [1.54, 1.807) is 13.2 Å². The molecule has 1 aromatic carbocycles. The number of rotatable bonds is 7. The number of carbonyl (C=O) groups excluding carboxylic acids is 1. The van der Waals surface area contributed by atoms with Gasteiger partial charge in [-0.3, -0.25) is 9.36 Å². The van der Waals surface area contributed by atoms with Gasteiger partial charge in [0.05, 0.1) is 18.4 Å². The van der Waals surface area contributed by atoms with E-state index in [0.29, 0.717) is 29.3 Å². The smallest absolute Gasteiger partial charge is 0.233 e. The first-order chi connectivity index (χ1) is 13.2. The SMILES string of the molecule is C=CCn1c(SCC(=O)N2CCCC[C@@H]2C)nnc1-c1ccccc1OC. The van der Waals surface area contributed by atoms with Crippen LogP contribution >= 0.6 is 11.8 Å². The fourth-order valence-corrected chi connectivity index (χ4v) is 4.23. The second-order valence-corrected chi connectivity index (χ2v) is 7.57. The number of amides is 1. The number of ether oxygens (including phenoxy) is 1. The van der Waals surface area contributed by atoms with Crippen molar-refractivity contribution in [2.45, 2.75) is 43.9 Å². The molecule has 27 heavy (non-hydrogen) atoms. The molecule has 2 heterocycles. The standard InChI is InChI=1S/C20H26N4O2S/c1-4-12-24-19(16-10-5-6-11-17(16)26-3)21-22-20(24)27-14-18(25)23-13-8-7-9-15(23)2/h4-6,10-11,15H,1,7-9,12-14H2,2-3H3/t15-/m0/s1. The highest BCUT2D eigenvalue weighted by Gasteiger charge is 2.24. The van der Waals surface area contributed by atoms with Gasteiger partial charge in [-0.15, -0.1) is 16.8 Å². The lowest BCUT2D eigenvalue weighted by Gasteiger charge is -2.33. The van der Waals surface area contributed by atoms with Gasteiger partial charge in [0.25, 0.3) is 0 Å². The van der Waals surface area contributed by atoms with Gasteiger partial charge in [-0.2, -0.15) is 0 Å². The van der Waals surface area contributed by atoms with Crippen LogP contribution < -0.4 is 4.74 Å². The molecule has 1 aliphatic heterocycles. The molecule has 3 rings (SSSR count). The number of carbonyl (C=O) groups is 1. The summed E-state index contributed by atoms with van der Waals surface area (Å²) in [4.78, 5) is 14.6. The minimum Gasteiger partial charge on any atom is -0.496 e. The van der Waals surface area contributed by atoms with Crippen LogP contribution in [0.3, 0.4) is 0 Å². The van der Waals surface area contributed by atoms with E-state index in [2.05, 4.69) is 23.7 Å². The third kappa shape index (κ3) is 4.35. The van der Waals surface area contributed by atoms with Gasteiger partial charge < -0.3 is 9.64 Å². The lowest BCUT2D eigenvalue weighted by molar-refractivity contribution is -0.131. The normalized spacial score (nSPS) is 17.0. The first-order valence-corrected chi connectivity index (χ1v) is 10.2. The molecule has 2 aromatic rings. The Morgan fingerprint density at radius 3 is 2.93 bits per heavy atom. The summed E-state index contributed by atoms with van der Waals surface area (Å²) < 4.78 is 7.43. The predicted octanol–water partition coefficient (Wildman–Crippen LogP) is 3.63. The molecular weight excluding hydrogens is 360 g/mol. The molecule has 144 valence electrons. The first kappa shape index (κ1) is 19.5. The molecule has 1 saturated heterocycles. The van der Waals surface area contributed by atoms with Gasteiger partial charge in [-0.05, 0) is 38.3 Å². The van der Waals surface area contributed by atoms with Gasteiger partial charge in [0.1, 0.15) is 5.75 Å². The van der Waals surface area contributed by atoms with E-state index in [0.717, 1.165) is 30.7 Å². The lowest BCUT2D eigenvalue weighted by Crippen LogP contribution is -2.43. The molecule has 0 unspecified atom stereocenters. The Morgan fingerprint density at radius 1 is 1.37 bits per heavy atom. The van der Waals surface area contributed by atoms with Crippen molar-refractivity contribution in [1.29, 1.82) is 0 Å². The van der Waals surface area contributed by atoms with Crippen molar-refractivity contribution in [3.05, 3.63) is 36.9 Å². The third-order valence-electron chi connectivity index (χ3n) is 4.82. The molecule has 1 amide bonds. The first-order valence-electron chi connectivity index (χ1n) is 9.25. The lowest BCUT2D eigenvalue weighted by atomic mass is 10.0. The number of aromatic nitrogens is 3. The van der Waals surface area contributed by atoms with E-state index < -0.39 is 0 Å². The number of allylic oxidation sites excluding steroid dienone is 1. The number of para-hydroxylation sites is 1. The van der Waals surface area contributed by atoms with E-state index >= 15 is 0 Å². The summed E-state index contributed by atoms with van der Waals surface area (Å²) in [6.07, 6.45) is 5.18. The molecule has 0 spiro atoms. The highest BCUT2D eigenvalue weighted by atomic mass is 32.2. The van der Waals surface area contributed by atoms with E-state index in [1.165, 1.54) is 18.2 Å². The van der Waals surface area contributed by atoms with Gasteiger partial charge in [-0.1, -0.05) is 30.0 Å². The zero-order chi connectivity index (χ0) is 19.2. The van der Waals surface area contributed by atoms with Crippen molar-refractivity contribution < 1.29 is 9.53 Å². The van der Waals surface area contributed by atoms with Crippen LogP contribution in [0, 0.1) is 0 Å². The maximum atomic E-state index is 12.6. The van der Waals surface area contributed by atoms with Crippen LogP contribution in [0.5, 0.6) is 5.75 Å². The number of hydrogen-bond acceptors (Lipinski definition) is 5. The summed E-state index contributed by atoms with van der Waals surface area (Å²) in [5.74, 6) is 1.99. The second kappa shape index (κ2) is 9.08. The zero-order valence-electron chi connectivity index (χ0n) is 15.9. The Labute approximate surface area is 164 Å². The summed E-state index contributed by atoms with van der Waals surface area (Å²) in [5, 5.41) is 9.40. The van der Waals surface area contributed by atoms with Crippen LogP contribution in [0.2, 0.25) is 0 Å². The number of likely N-dealkylation sites (tertiary alicyclic amines) is 1. The monoisotopic (exact) mass is 386 g/mol. The highest BCUT2D eigenvalue weighted by Crippen LogP contribution is 2.31. The summed E-state index contributed by atoms with van der Waals surface area (Å²) in [5.41, 5.74) is 0.872. The summed E-state index contributed by atoms with van der Waals surface area (Å²) in [6, 6.07) is 8.04. The van der Waals surface area contributed by atoms with E-state index in [9.17, 15) is 4.79 Å². The van der Waals surface area contributed by atoms with Gasteiger partial charge in [-0.25, -0.2) is 0 Å². The average Bonchev–Trinajstić information content (AvgIpc) is 3.09. The molecule has 6 nitrogen and oxygen atoms in total. The third-order valence-corrected chi connectivity index (χ3v) is 5.78. The van der Waals surface area contributed by atoms with Crippen LogP contribution in [-0.4, -0.2) is 51.0 Å². The fraction of sp³-hybridized carbons (Fsp3) is 0.450. The maximum Gasteiger partial charge on any atom is 0.233 e. The van der Waals surface area contributed by atoms with Crippen molar-refractivity contribution in [3.63, 3.8) is 0 Å². The van der Waals surface area contributed by atoms with Gasteiger partial charge >= 0.3 is 0 Å². The van der Waals surface area contributed by atoms with Crippen molar-refractivity contribution in [2.24, 2.45) is 0 Å². The Bertz CT molecular complexity index is 805. The molecule has 0 N–H and O–H groups in total. The quantitative estimate of drug-likeness (QED) is 0.537. The molecule has 1 aliphatic rings. The molecule has 0 bridgehead atoms. The number of hydrogen-bond donors (Lipinski definition) is 0. The Morgan fingerprint density at radius 2 is 2.19 bits per heavy atom. The highest BCUT2D eigenvalue weighted by molar-refractivity contribution is 7.99. The average molecular weight is 387 g/mol. The van der Waals surface area contributed by atoms with E-state index in [4.69, 9.17) is 4.74 Å². The minimum absolute atomic E-state index is 0.166. The Balaban J connectivity index is 1.79. The maximum absolute atomic E-state index is 12.6. The van der Waals surface area contributed by atoms with Gasteiger partial charge in [0.15, 0.2) is 11.0 Å².